The summed E-state index contributed by atoms with van der Waals surface area (Å²) in [5.41, 5.74) is 7.39. The van der Waals surface area contributed by atoms with Gasteiger partial charge in [-0.1, -0.05) is 36.4 Å². The maximum atomic E-state index is 12.4. The van der Waals surface area contributed by atoms with E-state index in [4.69, 9.17) is 15.2 Å². The summed E-state index contributed by atoms with van der Waals surface area (Å²) in [7, 11) is 1.51. The highest BCUT2D eigenvalue weighted by Crippen LogP contribution is 2.31. The molecular weight excluding hydrogens is 324 g/mol. The molecule has 0 aliphatic carbocycles. The average Bonchev–Trinajstić information content (AvgIpc) is 2.53. The Morgan fingerprint density at radius 3 is 2.35 bits per heavy atom. The molecule has 0 saturated heterocycles. The van der Waals surface area contributed by atoms with Gasteiger partial charge in [-0.25, -0.2) is 8.78 Å². The molecule has 0 unspecified atom stereocenters. The molecule has 126 valence electrons. The van der Waals surface area contributed by atoms with E-state index < -0.39 is 12.5 Å². The Morgan fingerprint density at radius 2 is 1.74 bits per heavy atom. The lowest BCUT2D eigenvalue weighted by atomic mass is 10.0. The van der Waals surface area contributed by atoms with Gasteiger partial charge in [0.15, 0.2) is 11.5 Å². The summed E-state index contributed by atoms with van der Waals surface area (Å²) in [4.78, 5) is 0. The van der Waals surface area contributed by atoms with Crippen LogP contribution in [0.2, 0.25) is 0 Å². The number of methoxy groups -OCH3 is 1. The number of hydrogen-bond donors (Lipinski definition) is 1. The van der Waals surface area contributed by atoms with Crippen LogP contribution in [0.15, 0.2) is 48.5 Å². The van der Waals surface area contributed by atoms with Crippen LogP contribution in [0.5, 0.6) is 11.5 Å². The van der Waals surface area contributed by atoms with Crippen LogP contribution in [-0.2, 0) is 6.61 Å². The van der Waals surface area contributed by atoms with Crippen LogP contribution in [0.25, 0.3) is 0 Å². The number of alkyl halides is 2. The second-order valence-electron chi connectivity index (χ2n) is 4.92. The Hall–Kier alpha value is -1.85. The molecule has 2 aromatic rings. The van der Waals surface area contributed by atoms with Crippen molar-refractivity contribution >= 4 is 12.4 Å². The highest BCUT2D eigenvalue weighted by atomic mass is 35.5. The Kier molecular flexibility index (Phi) is 7.78. The van der Waals surface area contributed by atoms with Gasteiger partial charge in [-0.15, -0.1) is 12.4 Å². The van der Waals surface area contributed by atoms with Crippen LogP contribution in [0, 0.1) is 0 Å². The minimum Gasteiger partial charge on any atom is -0.493 e. The Bertz CT molecular complexity index is 596. The van der Waals surface area contributed by atoms with Crippen LogP contribution < -0.4 is 15.2 Å². The number of hydrogen-bond acceptors (Lipinski definition) is 3. The molecule has 6 heteroatoms. The van der Waals surface area contributed by atoms with Crippen molar-refractivity contribution in [2.75, 3.05) is 7.11 Å². The fourth-order valence-electron chi connectivity index (χ4n) is 2.10. The number of halogens is 3. The van der Waals surface area contributed by atoms with E-state index in [9.17, 15) is 8.78 Å². The minimum absolute atomic E-state index is 0. The monoisotopic (exact) mass is 343 g/mol. The van der Waals surface area contributed by atoms with Crippen molar-refractivity contribution in [1.82, 2.24) is 0 Å². The number of nitrogens with two attached hydrogens (primary N) is 1. The SMILES string of the molecule is COc1cc([C@H](N)CC(F)F)ccc1OCc1ccccc1.Cl. The molecule has 2 aromatic carbocycles. The summed E-state index contributed by atoms with van der Waals surface area (Å²) < 4.78 is 35.8. The molecule has 3 nitrogen and oxygen atoms in total. The van der Waals surface area contributed by atoms with Gasteiger partial charge in [-0.2, -0.15) is 0 Å². The first-order chi connectivity index (χ1) is 10.6. The van der Waals surface area contributed by atoms with E-state index in [0.717, 1.165) is 5.56 Å². The van der Waals surface area contributed by atoms with Crippen molar-refractivity contribution < 1.29 is 18.3 Å². The van der Waals surface area contributed by atoms with Gasteiger partial charge in [0.1, 0.15) is 6.61 Å². The minimum atomic E-state index is -2.44. The van der Waals surface area contributed by atoms with Gasteiger partial charge >= 0.3 is 0 Å². The molecule has 0 aliphatic rings. The van der Waals surface area contributed by atoms with Crippen molar-refractivity contribution in [3.63, 3.8) is 0 Å². The van der Waals surface area contributed by atoms with E-state index in [1.54, 1.807) is 18.2 Å². The topological polar surface area (TPSA) is 44.5 Å². The average molecular weight is 344 g/mol. The maximum absolute atomic E-state index is 12.4. The number of rotatable bonds is 7. The van der Waals surface area contributed by atoms with Crippen LogP contribution in [-0.4, -0.2) is 13.5 Å². The van der Waals surface area contributed by atoms with Crippen LogP contribution in [0.4, 0.5) is 8.78 Å². The van der Waals surface area contributed by atoms with Gasteiger partial charge < -0.3 is 15.2 Å². The summed E-state index contributed by atoms with van der Waals surface area (Å²) in [5.74, 6) is 1.04. The molecule has 0 saturated carbocycles. The van der Waals surface area contributed by atoms with Crippen molar-refractivity contribution in [3.8, 4) is 11.5 Å². The Morgan fingerprint density at radius 1 is 1.04 bits per heavy atom. The van der Waals surface area contributed by atoms with Crippen molar-refractivity contribution in [2.24, 2.45) is 5.73 Å². The quantitative estimate of drug-likeness (QED) is 0.812. The molecule has 0 fully saturated rings. The zero-order valence-electron chi connectivity index (χ0n) is 12.7. The lowest BCUT2D eigenvalue weighted by Gasteiger charge is -2.15. The largest absolute Gasteiger partial charge is 0.493 e. The summed E-state index contributed by atoms with van der Waals surface area (Å²) in [6, 6.07) is 14.0. The van der Waals surface area contributed by atoms with Crippen LogP contribution in [0.1, 0.15) is 23.6 Å². The number of ether oxygens (including phenoxy) is 2. The zero-order chi connectivity index (χ0) is 15.9. The molecule has 0 amide bonds. The number of benzene rings is 2. The van der Waals surface area contributed by atoms with Crippen molar-refractivity contribution in [3.05, 3.63) is 59.7 Å². The molecular formula is C17H20ClF2NO2. The van der Waals surface area contributed by atoms with Gasteiger partial charge in [0.2, 0.25) is 6.43 Å². The van der Waals surface area contributed by atoms with Gasteiger partial charge in [0.25, 0.3) is 0 Å². The fourth-order valence-corrected chi connectivity index (χ4v) is 2.10. The summed E-state index contributed by atoms with van der Waals surface area (Å²) in [5, 5.41) is 0. The predicted octanol–water partition coefficient (Wildman–Crippen LogP) is 4.35. The van der Waals surface area contributed by atoms with Gasteiger partial charge in [-0.3, -0.25) is 0 Å². The van der Waals surface area contributed by atoms with E-state index >= 15 is 0 Å². The third-order valence-corrected chi connectivity index (χ3v) is 3.29. The lowest BCUT2D eigenvalue weighted by Crippen LogP contribution is -2.14. The molecule has 0 bridgehead atoms. The Labute approximate surface area is 140 Å². The first kappa shape index (κ1) is 19.2. The molecule has 2 rings (SSSR count). The molecule has 2 N–H and O–H groups in total. The third kappa shape index (κ3) is 5.69. The highest BCUT2D eigenvalue weighted by Gasteiger charge is 2.15. The summed E-state index contributed by atoms with van der Waals surface area (Å²) >= 11 is 0. The second-order valence-corrected chi connectivity index (χ2v) is 4.92. The van der Waals surface area contributed by atoms with E-state index in [1.165, 1.54) is 7.11 Å². The van der Waals surface area contributed by atoms with Crippen molar-refractivity contribution in [1.29, 1.82) is 0 Å². The van der Waals surface area contributed by atoms with E-state index in [1.807, 2.05) is 30.3 Å². The first-order valence-corrected chi connectivity index (χ1v) is 6.98. The summed E-state index contributed by atoms with van der Waals surface area (Å²) in [6.45, 7) is 0.402. The molecule has 0 aliphatic heterocycles. The first-order valence-electron chi connectivity index (χ1n) is 6.98. The highest BCUT2D eigenvalue weighted by molar-refractivity contribution is 5.85. The van der Waals surface area contributed by atoms with Gasteiger partial charge in [0, 0.05) is 12.5 Å². The third-order valence-electron chi connectivity index (χ3n) is 3.29. The maximum Gasteiger partial charge on any atom is 0.240 e. The van der Waals surface area contributed by atoms with Gasteiger partial charge in [0.05, 0.1) is 7.11 Å². The standard InChI is InChI=1S/C17H19F2NO2.ClH/c1-21-16-9-13(14(20)10-17(18)19)7-8-15(16)22-11-12-5-3-2-4-6-12;/h2-9,14,17H,10-11,20H2,1H3;1H/t14-;/m1./s1. The van der Waals surface area contributed by atoms with E-state index in [0.29, 0.717) is 23.7 Å². The molecule has 0 spiro atoms. The molecule has 1 atom stereocenters. The van der Waals surface area contributed by atoms with E-state index in [2.05, 4.69) is 0 Å². The molecule has 0 heterocycles. The molecule has 0 radical (unpaired) electrons. The fraction of sp³-hybridized carbons (Fsp3) is 0.294. The smallest absolute Gasteiger partial charge is 0.240 e. The molecule has 0 aromatic heterocycles. The molecule has 23 heavy (non-hydrogen) atoms. The second kappa shape index (κ2) is 9.33. The predicted molar refractivity (Wildman–Crippen MR) is 88.6 cm³/mol. The lowest BCUT2D eigenvalue weighted by molar-refractivity contribution is 0.128. The van der Waals surface area contributed by atoms with Crippen LogP contribution >= 0.6 is 12.4 Å². The Balaban J connectivity index is 0.00000264. The summed E-state index contributed by atoms with van der Waals surface area (Å²) in [6.07, 6.45) is -2.82. The van der Waals surface area contributed by atoms with Crippen molar-refractivity contribution in [2.45, 2.75) is 25.5 Å². The van der Waals surface area contributed by atoms with Gasteiger partial charge in [-0.05, 0) is 23.3 Å². The van der Waals surface area contributed by atoms with Crippen LogP contribution in [0.3, 0.4) is 0 Å². The van der Waals surface area contributed by atoms with E-state index in [-0.39, 0.29) is 18.8 Å². The normalized spacial score (nSPS) is 11.7. The zero-order valence-corrected chi connectivity index (χ0v) is 13.6.